The quantitative estimate of drug-likeness (QED) is 0.782. The van der Waals surface area contributed by atoms with Crippen molar-refractivity contribution in [2.45, 2.75) is 13.8 Å². The van der Waals surface area contributed by atoms with E-state index in [9.17, 15) is 9.18 Å². The maximum absolute atomic E-state index is 13.6. The Hall–Kier alpha value is -1.90. The van der Waals surface area contributed by atoms with Crippen molar-refractivity contribution in [2.75, 3.05) is 0 Å². The number of pyridine rings is 1. The van der Waals surface area contributed by atoms with Gasteiger partial charge < -0.3 is 4.98 Å². The summed E-state index contributed by atoms with van der Waals surface area (Å²) in [6, 6.07) is 6.61. The third-order valence-electron chi connectivity index (χ3n) is 2.52. The van der Waals surface area contributed by atoms with Crippen LogP contribution in [0.4, 0.5) is 4.39 Å². The molecule has 0 radical (unpaired) electrons. The average molecular weight is 217 g/mol. The molecule has 0 amide bonds. The summed E-state index contributed by atoms with van der Waals surface area (Å²) in [5.41, 5.74) is 2.63. The van der Waals surface area contributed by atoms with Crippen LogP contribution in [0, 0.1) is 19.7 Å². The molecular weight excluding hydrogens is 205 g/mol. The Balaban J connectivity index is 2.62. The second kappa shape index (κ2) is 3.93. The van der Waals surface area contributed by atoms with Crippen LogP contribution in [-0.4, -0.2) is 4.98 Å². The van der Waals surface area contributed by atoms with Crippen molar-refractivity contribution in [1.29, 1.82) is 0 Å². The van der Waals surface area contributed by atoms with Crippen molar-refractivity contribution in [3.05, 3.63) is 57.8 Å². The van der Waals surface area contributed by atoms with Crippen LogP contribution in [0.2, 0.25) is 0 Å². The van der Waals surface area contributed by atoms with Gasteiger partial charge in [0, 0.05) is 22.9 Å². The fourth-order valence-electron chi connectivity index (χ4n) is 1.61. The first-order valence-corrected chi connectivity index (χ1v) is 5.04. The number of halogens is 1. The Morgan fingerprint density at radius 2 is 1.94 bits per heavy atom. The van der Waals surface area contributed by atoms with Crippen molar-refractivity contribution in [3.8, 4) is 11.1 Å². The number of aromatic amines is 1. The molecule has 0 bridgehead atoms. The molecule has 0 fully saturated rings. The minimum Gasteiger partial charge on any atom is -0.328 e. The van der Waals surface area contributed by atoms with E-state index >= 15 is 0 Å². The predicted molar refractivity (Wildman–Crippen MR) is 61.9 cm³/mol. The molecule has 2 aromatic rings. The molecule has 16 heavy (non-hydrogen) atoms. The zero-order valence-corrected chi connectivity index (χ0v) is 9.17. The van der Waals surface area contributed by atoms with Crippen LogP contribution in [0.3, 0.4) is 0 Å². The highest BCUT2D eigenvalue weighted by Crippen LogP contribution is 2.22. The van der Waals surface area contributed by atoms with Crippen LogP contribution in [-0.2, 0) is 0 Å². The Labute approximate surface area is 92.8 Å². The lowest BCUT2D eigenvalue weighted by Crippen LogP contribution is -2.08. The summed E-state index contributed by atoms with van der Waals surface area (Å²) in [5, 5.41) is 0. The largest absolute Gasteiger partial charge is 0.328 e. The molecule has 1 aromatic heterocycles. The summed E-state index contributed by atoms with van der Waals surface area (Å²) in [7, 11) is 0. The first-order chi connectivity index (χ1) is 7.58. The zero-order chi connectivity index (χ0) is 11.7. The summed E-state index contributed by atoms with van der Waals surface area (Å²) in [4.78, 5) is 13.8. The first kappa shape index (κ1) is 10.6. The van der Waals surface area contributed by atoms with E-state index in [0.29, 0.717) is 16.7 Å². The van der Waals surface area contributed by atoms with Gasteiger partial charge in [0.25, 0.3) is 5.56 Å². The topological polar surface area (TPSA) is 32.9 Å². The van der Waals surface area contributed by atoms with Crippen LogP contribution in [0.15, 0.2) is 35.3 Å². The summed E-state index contributed by atoms with van der Waals surface area (Å²) in [5.74, 6) is -0.281. The maximum atomic E-state index is 13.6. The molecule has 0 atom stereocenters. The van der Waals surface area contributed by atoms with Gasteiger partial charge in [-0.25, -0.2) is 4.39 Å². The molecule has 0 spiro atoms. The fraction of sp³-hybridized carbons (Fsp3) is 0.154. The van der Waals surface area contributed by atoms with Gasteiger partial charge in [-0.1, -0.05) is 11.6 Å². The molecule has 82 valence electrons. The molecule has 2 rings (SSSR count). The number of hydrogen-bond donors (Lipinski definition) is 1. The standard InChI is InChI=1S/C13H12FNO/c1-8-3-4-12(14)11(5-8)10-6-9(2)13(16)15-7-10/h3-7H,1-2H3,(H,15,16). The van der Waals surface area contributed by atoms with E-state index in [2.05, 4.69) is 4.98 Å². The Morgan fingerprint density at radius 1 is 1.19 bits per heavy atom. The molecular formula is C13H12FNO. The van der Waals surface area contributed by atoms with Gasteiger partial charge in [-0.05, 0) is 32.0 Å². The lowest BCUT2D eigenvalue weighted by molar-refractivity contribution is 0.631. The van der Waals surface area contributed by atoms with E-state index < -0.39 is 0 Å². The molecule has 0 unspecified atom stereocenters. The molecule has 0 saturated heterocycles. The van der Waals surface area contributed by atoms with E-state index in [1.165, 1.54) is 12.3 Å². The summed E-state index contributed by atoms with van der Waals surface area (Å²) < 4.78 is 13.6. The first-order valence-electron chi connectivity index (χ1n) is 5.04. The van der Waals surface area contributed by atoms with E-state index in [4.69, 9.17) is 0 Å². The lowest BCUT2D eigenvalue weighted by Gasteiger charge is -2.05. The van der Waals surface area contributed by atoms with Crippen molar-refractivity contribution in [1.82, 2.24) is 4.98 Å². The number of aromatic nitrogens is 1. The van der Waals surface area contributed by atoms with Crippen LogP contribution in [0.5, 0.6) is 0 Å². The summed E-state index contributed by atoms with van der Waals surface area (Å²) in [6.45, 7) is 3.61. The predicted octanol–water partition coefficient (Wildman–Crippen LogP) is 2.80. The van der Waals surface area contributed by atoms with Crippen molar-refractivity contribution in [2.24, 2.45) is 0 Å². The SMILES string of the molecule is Cc1ccc(F)c(-c2c[nH]c(=O)c(C)c2)c1. The molecule has 1 aromatic carbocycles. The fourth-order valence-corrected chi connectivity index (χ4v) is 1.61. The number of benzene rings is 1. The normalized spacial score (nSPS) is 10.4. The molecule has 1 heterocycles. The summed E-state index contributed by atoms with van der Waals surface area (Å²) in [6.07, 6.45) is 1.53. The lowest BCUT2D eigenvalue weighted by atomic mass is 10.0. The van der Waals surface area contributed by atoms with Gasteiger partial charge in [0.05, 0.1) is 0 Å². The van der Waals surface area contributed by atoms with Gasteiger partial charge >= 0.3 is 0 Å². The third kappa shape index (κ3) is 1.89. The van der Waals surface area contributed by atoms with Crippen LogP contribution in [0.25, 0.3) is 11.1 Å². The van der Waals surface area contributed by atoms with Gasteiger partial charge in [0.2, 0.25) is 0 Å². The summed E-state index contributed by atoms with van der Waals surface area (Å²) >= 11 is 0. The monoisotopic (exact) mass is 217 g/mol. The van der Waals surface area contributed by atoms with Crippen LogP contribution in [0.1, 0.15) is 11.1 Å². The van der Waals surface area contributed by atoms with Gasteiger partial charge in [0.1, 0.15) is 5.82 Å². The van der Waals surface area contributed by atoms with Crippen LogP contribution >= 0.6 is 0 Å². The van der Waals surface area contributed by atoms with Gasteiger partial charge in [0.15, 0.2) is 0 Å². The van der Waals surface area contributed by atoms with Crippen molar-refractivity contribution in [3.63, 3.8) is 0 Å². The highest BCUT2D eigenvalue weighted by Gasteiger charge is 2.06. The highest BCUT2D eigenvalue weighted by atomic mass is 19.1. The number of nitrogens with one attached hydrogen (secondary N) is 1. The van der Waals surface area contributed by atoms with Crippen molar-refractivity contribution < 1.29 is 4.39 Å². The number of rotatable bonds is 1. The van der Waals surface area contributed by atoms with E-state index in [1.54, 1.807) is 25.1 Å². The number of H-pyrrole nitrogens is 1. The molecule has 0 aliphatic carbocycles. The van der Waals surface area contributed by atoms with Gasteiger partial charge in [-0.15, -0.1) is 0 Å². The molecule has 2 nitrogen and oxygen atoms in total. The second-order valence-corrected chi connectivity index (χ2v) is 3.88. The molecule has 0 aliphatic rings. The Morgan fingerprint density at radius 3 is 2.62 bits per heavy atom. The average Bonchev–Trinajstić information content (AvgIpc) is 2.26. The highest BCUT2D eigenvalue weighted by molar-refractivity contribution is 5.64. The molecule has 0 saturated carbocycles. The second-order valence-electron chi connectivity index (χ2n) is 3.88. The smallest absolute Gasteiger partial charge is 0.250 e. The number of aryl methyl sites for hydroxylation is 2. The van der Waals surface area contributed by atoms with E-state index in [0.717, 1.165) is 5.56 Å². The molecule has 3 heteroatoms. The zero-order valence-electron chi connectivity index (χ0n) is 9.17. The minimum atomic E-state index is -0.281. The Bertz CT molecular complexity index is 587. The molecule has 0 aliphatic heterocycles. The van der Waals surface area contributed by atoms with E-state index in [-0.39, 0.29) is 11.4 Å². The van der Waals surface area contributed by atoms with Gasteiger partial charge in [-0.3, -0.25) is 4.79 Å². The third-order valence-corrected chi connectivity index (χ3v) is 2.52. The number of hydrogen-bond acceptors (Lipinski definition) is 1. The Kier molecular flexibility index (Phi) is 2.60. The van der Waals surface area contributed by atoms with E-state index in [1.807, 2.05) is 6.92 Å². The minimum absolute atomic E-state index is 0.142. The maximum Gasteiger partial charge on any atom is 0.250 e. The van der Waals surface area contributed by atoms with Crippen LogP contribution < -0.4 is 5.56 Å². The van der Waals surface area contributed by atoms with Crippen molar-refractivity contribution >= 4 is 0 Å². The van der Waals surface area contributed by atoms with Gasteiger partial charge in [-0.2, -0.15) is 0 Å². The molecule has 1 N–H and O–H groups in total.